The molecule has 25 heavy (non-hydrogen) atoms. The number of anilines is 1. The Kier molecular flexibility index (Phi) is 4.53. The number of hydrogen-bond donors (Lipinski definition) is 3. The highest BCUT2D eigenvalue weighted by Crippen LogP contribution is 2.35. The summed E-state index contributed by atoms with van der Waals surface area (Å²) >= 11 is 0. The fourth-order valence-corrected chi connectivity index (χ4v) is 3.97. The number of ether oxygens (including phenoxy) is 1. The first-order valence-electron chi connectivity index (χ1n) is 8.79. The van der Waals surface area contributed by atoms with Gasteiger partial charge in [0.05, 0.1) is 30.6 Å². The van der Waals surface area contributed by atoms with E-state index in [2.05, 4.69) is 26.1 Å². The van der Waals surface area contributed by atoms with Crippen molar-refractivity contribution in [2.45, 2.75) is 43.4 Å². The van der Waals surface area contributed by atoms with E-state index in [9.17, 15) is 9.18 Å². The number of halogens is 1. The Morgan fingerprint density at radius 1 is 1.44 bits per heavy atom. The number of hydrazine groups is 1. The fourth-order valence-electron chi connectivity index (χ4n) is 3.97. The monoisotopic (exact) mass is 350 g/mol. The molecule has 3 atom stereocenters. The number of aromatic nitrogens is 2. The second-order valence-corrected chi connectivity index (χ2v) is 7.04. The molecule has 3 N–H and O–H groups in total. The maximum absolute atomic E-state index is 12.9. The minimum atomic E-state index is -0.457. The third kappa shape index (κ3) is 3.58. The zero-order valence-corrected chi connectivity index (χ0v) is 14.0. The van der Waals surface area contributed by atoms with E-state index in [4.69, 9.17) is 4.74 Å². The van der Waals surface area contributed by atoms with Gasteiger partial charge in [0.2, 0.25) is 11.9 Å². The van der Waals surface area contributed by atoms with Gasteiger partial charge >= 0.3 is 0 Å². The topological polar surface area (TPSA) is 91.4 Å². The molecule has 3 aliphatic rings. The molecule has 3 unspecified atom stereocenters. The van der Waals surface area contributed by atoms with Gasteiger partial charge in [-0.2, -0.15) is 0 Å². The Balaban J connectivity index is 1.37. The van der Waals surface area contributed by atoms with Crippen LogP contribution in [0.1, 0.15) is 25.7 Å². The molecule has 3 fully saturated rings. The third-order valence-corrected chi connectivity index (χ3v) is 5.15. The SMILES string of the molecule is O=C(C1CCNN1)N1CCCC2(CC(Nc3ncc(F)cn3)CO2)C1. The van der Waals surface area contributed by atoms with Gasteiger partial charge in [0.1, 0.15) is 6.04 Å². The molecule has 3 aliphatic heterocycles. The predicted octanol–water partition coefficient (Wildman–Crippen LogP) is 0.0442. The normalized spacial score (nSPS) is 32.3. The zero-order valence-electron chi connectivity index (χ0n) is 14.0. The first-order valence-corrected chi connectivity index (χ1v) is 8.79. The summed E-state index contributed by atoms with van der Waals surface area (Å²) in [6.45, 7) is 2.75. The third-order valence-electron chi connectivity index (χ3n) is 5.15. The highest BCUT2D eigenvalue weighted by atomic mass is 19.1. The summed E-state index contributed by atoms with van der Waals surface area (Å²) in [5.41, 5.74) is 5.74. The van der Waals surface area contributed by atoms with Gasteiger partial charge in [0.15, 0.2) is 5.82 Å². The van der Waals surface area contributed by atoms with Crippen LogP contribution in [0.15, 0.2) is 12.4 Å². The van der Waals surface area contributed by atoms with E-state index < -0.39 is 5.82 Å². The van der Waals surface area contributed by atoms with Crippen LogP contribution in [-0.2, 0) is 9.53 Å². The smallest absolute Gasteiger partial charge is 0.241 e. The standard InChI is InChI=1S/C16H23FN6O2/c17-11-7-18-15(19-8-11)21-12-6-16(25-9-12)3-1-5-23(10-16)14(24)13-2-4-20-22-13/h7-8,12-13,20,22H,1-6,9-10H2,(H,18,19,21). The molecule has 1 amide bonds. The summed E-state index contributed by atoms with van der Waals surface area (Å²) in [5.74, 6) is 0.0871. The van der Waals surface area contributed by atoms with E-state index >= 15 is 0 Å². The Bertz CT molecular complexity index is 624. The molecule has 136 valence electrons. The van der Waals surface area contributed by atoms with Gasteiger partial charge in [0, 0.05) is 26.1 Å². The summed E-state index contributed by atoms with van der Waals surface area (Å²) in [6.07, 6.45) is 5.76. The van der Waals surface area contributed by atoms with Crippen LogP contribution < -0.4 is 16.2 Å². The number of carbonyl (C=O) groups is 1. The summed E-state index contributed by atoms with van der Waals surface area (Å²) < 4.78 is 19.0. The van der Waals surface area contributed by atoms with E-state index in [1.54, 1.807) is 0 Å². The van der Waals surface area contributed by atoms with Gasteiger partial charge in [0.25, 0.3) is 0 Å². The summed E-state index contributed by atoms with van der Waals surface area (Å²) in [4.78, 5) is 22.4. The lowest BCUT2D eigenvalue weighted by molar-refractivity contribution is -0.141. The Morgan fingerprint density at radius 2 is 2.28 bits per heavy atom. The summed E-state index contributed by atoms with van der Waals surface area (Å²) in [7, 11) is 0. The van der Waals surface area contributed by atoms with Crippen molar-refractivity contribution in [2.24, 2.45) is 0 Å². The molecule has 0 radical (unpaired) electrons. The molecule has 4 heterocycles. The maximum Gasteiger partial charge on any atom is 0.241 e. The predicted molar refractivity (Wildman–Crippen MR) is 88.1 cm³/mol. The van der Waals surface area contributed by atoms with Crippen molar-refractivity contribution in [1.82, 2.24) is 25.7 Å². The Labute approximate surface area is 145 Å². The molecule has 1 aromatic heterocycles. The lowest BCUT2D eigenvalue weighted by atomic mass is 9.88. The number of rotatable bonds is 3. The zero-order chi connectivity index (χ0) is 17.3. The fraction of sp³-hybridized carbons (Fsp3) is 0.688. The average Bonchev–Trinajstić information content (AvgIpc) is 3.27. The van der Waals surface area contributed by atoms with E-state index in [0.29, 0.717) is 19.1 Å². The van der Waals surface area contributed by atoms with Crippen molar-refractivity contribution in [3.05, 3.63) is 18.2 Å². The molecule has 1 spiro atoms. The van der Waals surface area contributed by atoms with Gasteiger partial charge in [-0.05, 0) is 19.3 Å². The van der Waals surface area contributed by atoms with Crippen LogP contribution in [0.25, 0.3) is 0 Å². The van der Waals surface area contributed by atoms with Gasteiger partial charge < -0.3 is 15.0 Å². The first kappa shape index (κ1) is 16.6. The Morgan fingerprint density at radius 3 is 3.04 bits per heavy atom. The van der Waals surface area contributed by atoms with E-state index in [1.165, 1.54) is 0 Å². The van der Waals surface area contributed by atoms with Crippen molar-refractivity contribution in [3.63, 3.8) is 0 Å². The average molecular weight is 350 g/mol. The summed E-state index contributed by atoms with van der Waals surface area (Å²) in [6, 6.07) is -0.0788. The number of nitrogens with one attached hydrogen (secondary N) is 3. The van der Waals surface area contributed by atoms with E-state index in [0.717, 1.165) is 51.2 Å². The van der Waals surface area contributed by atoms with Gasteiger partial charge in [-0.3, -0.25) is 10.2 Å². The largest absolute Gasteiger partial charge is 0.371 e. The number of amides is 1. The molecular formula is C16H23FN6O2. The van der Waals surface area contributed by atoms with Crippen LogP contribution in [0, 0.1) is 5.82 Å². The molecular weight excluding hydrogens is 327 g/mol. The highest BCUT2D eigenvalue weighted by molar-refractivity contribution is 5.82. The van der Waals surface area contributed by atoms with E-state index in [1.807, 2.05) is 4.90 Å². The molecule has 1 aromatic rings. The molecule has 9 heteroatoms. The van der Waals surface area contributed by atoms with Gasteiger partial charge in [-0.1, -0.05) is 0 Å². The van der Waals surface area contributed by atoms with Gasteiger partial charge in [-0.25, -0.2) is 19.8 Å². The highest BCUT2D eigenvalue weighted by Gasteiger charge is 2.45. The molecule has 4 rings (SSSR count). The van der Waals surface area contributed by atoms with Crippen LogP contribution in [0.4, 0.5) is 10.3 Å². The first-order chi connectivity index (χ1) is 12.1. The molecule has 0 saturated carbocycles. The lowest BCUT2D eigenvalue weighted by Crippen LogP contribution is -2.54. The molecule has 3 saturated heterocycles. The van der Waals surface area contributed by atoms with Crippen molar-refractivity contribution in [2.75, 3.05) is 31.6 Å². The quantitative estimate of drug-likeness (QED) is 0.709. The van der Waals surface area contributed by atoms with Crippen molar-refractivity contribution < 1.29 is 13.9 Å². The second kappa shape index (κ2) is 6.81. The lowest BCUT2D eigenvalue weighted by Gasteiger charge is -2.40. The van der Waals surface area contributed by atoms with Crippen LogP contribution in [0.5, 0.6) is 0 Å². The molecule has 0 aliphatic carbocycles. The maximum atomic E-state index is 12.9. The van der Waals surface area contributed by atoms with Crippen LogP contribution >= 0.6 is 0 Å². The molecule has 0 bridgehead atoms. The number of carbonyl (C=O) groups excluding carboxylic acids is 1. The molecule has 8 nitrogen and oxygen atoms in total. The number of nitrogens with zero attached hydrogens (tertiary/aromatic N) is 3. The van der Waals surface area contributed by atoms with Crippen LogP contribution in [0.3, 0.4) is 0 Å². The van der Waals surface area contributed by atoms with E-state index in [-0.39, 0.29) is 23.6 Å². The number of piperidine rings is 1. The minimum absolute atomic E-state index is 0.0618. The van der Waals surface area contributed by atoms with Crippen molar-refractivity contribution >= 4 is 11.9 Å². The van der Waals surface area contributed by atoms with Crippen LogP contribution in [-0.4, -0.2) is 64.7 Å². The summed E-state index contributed by atoms with van der Waals surface area (Å²) in [5, 5.41) is 3.20. The molecule has 0 aromatic carbocycles. The second-order valence-electron chi connectivity index (χ2n) is 7.04. The van der Waals surface area contributed by atoms with Crippen LogP contribution in [0.2, 0.25) is 0 Å². The van der Waals surface area contributed by atoms with Gasteiger partial charge in [-0.15, -0.1) is 0 Å². The minimum Gasteiger partial charge on any atom is -0.371 e. The number of hydrogen-bond acceptors (Lipinski definition) is 7. The Hall–Kier alpha value is -1.84. The number of likely N-dealkylation sites (tertiary alicyclic amines) is 1. The van der Waals surface area contributed by atoms with Crippen molar-refractivity contribution in [3.8, 4) is 0 Å². The van der Waals surface area contributed by atoms with Crippen molar-refractivity contribution in [1.29, 1.82) is 0 Å².